The Morgan fingerprint density at radius 2 is 1.57 bits per heavy atom. The Morgan fingerprint density at radius 1 is 0.783 bits per heavy atom. The minimum atomic E-state index is 0.808. The molecular formula is C19H10ClNS2. The number of fused-ring (bicyclic) bond motifs is 4. The van der Waals surface area contributed by atoms with Crippen molar-refractivity contribution in [3.63, 3.8) is 0 Å². The number of thiophene rings is 1. The van der Waals surface area contributed by atoms with E-state index in [1.165, 1.54) is 25.0 Å². The summed E-state index contributed by atoms with van der Waals surface area (Å²) < 4.78 is 3.70. The first-order valence-corrected chi connectivity index (χ1v) is 9.28. The minimum Gasteiger partial charge on any atom is -0.236 e. The number of para-hydroxylation sites is 1. The van der Waals surface area contributed by atoms with E-state index < -0.39 is 0 Å². The van der Waals surface area contributed by atoms with E-state index in [0.29, 0.717) is 0 Å². The van der Waals surface area contributed by atoms with Gasteiger partial charge in [-0.05, 0) is 30.3 Å². The van der Waals surface area contributed by atoms with Crippen molar-refractivity contribution in [3.8, 4) is 10.6 Å². The summed E-state index contributed by atoms with van der Waals surface area (Å²) in [6.45, 7) is 0. The highest BCUT2D eigenvalue weighted by molar-refractivity contribution is 7.27. The van der Waals surface area contributed by atoms with Crippen molar-refractivity contribution >= 4 is 64.7 Å². The number of thiazole rings is 1. The highest BCUT2D eigenvalue weighted by Crippen LogP contribution is 2.44. The van der Waals surface area contributed by atoms with Crippen LogP contribution in [0.5, 0.6) is 0 Å². The van der Waals surface area contributed by atoms with Gasteiger partial charge < -0.3 is 0 Å². The fourth-order valence-electron chi connectivity index (χ4n) is 2.94. The second-order valence-electron chi connectivity index (χ2n) is 5.38. The summed E-state index contributed by atoms with van der Waals surface area (Å²) in [5.41, 5.74) is 2.23. The summed E-state index contributed by atoms with van der Waals surface area (Å²) in [5.74, 6) is 0. The number of aromatic nitrogens is 1. The molecule has 0 bridgehead atoms. The molecule has 4 heteroatoms. The van der Waals surface area contributed by atoms with Crippen LogP contribution in [0.1, 0.15) is 0 Å². The Hall–Kier alpha value is -1.94. The van der Waals surface area contributed by atoms with Crippen LogP contribution in [0.25, 0.3) is 41.0 Å². The third-order valence-electron chi connectivity index (χ3n) is 4.00. The monoisotopic (exact) mass is 351 g/mol. The molecule has 2 heterocycles. The van der Waals surface area contributed by atoms with Gasteiger partial charge in [0.1, 0.15) is 5.01 Å². The molecule has 0 aliphatic rings. The molecule has 0 aliphatic heterocycles. The summed E-state index contributed by atoms with van der Waals surface area (Å²) in [6, 6.07) is 20.8. The van der Waals surface area contributed by atoms with Crippen LogP contribution in [0.3, 0.4) is 0 Å². The topological polar surface area (TPSA) is 12.9 Å². The van der Waals surface area contributed by atoms with Crippen LogP contribution >= 0.6 is 34.3 Å². The van der Waals surface area contributed by atoms with Crippen molar-refractivity contribution in [2.75, 3.05) is 0 Å². The van der Waals surface area contributed by atoms with Crippen molar-refractivity contribution in [1.82, 2.24) is 4.98 Å². The Balaban J connectivity index is 1.89. The molecule has 1 nitrogen and oxygen atoms in total. The van der Waals surface area contributed by atoms with Gasteiger partial charge in [-0.2, -0.15) is 0 Å². The normalized spacial score (nSPS) is 11.7. The third kappa shape index (κ3) is 2.01. The first kappa shape index (κ1) is 13.5. The summed E-state index contributed by atoms with van der Waals surface area (Å²) in [4.78, 5) is 4.82. The maximum Gasteiger partial charge on any atom is 0.126 e. The third-order valence-corrected chi connectivity index (χ3v) is 6.59. The Labute approximate surface area is 145 Å². The molecule has 2 aromatic heterocycles. The Bertz CT molecular complexity index is 1150. The van der Waals surface area contributed by atoms with Gasteiger partial charge in [0.25, 0.3) is 0 Å². The Kier molecular flexibility index (Phi) is 2.95. The van der Waals surface area contributed by atoms with E-state index in [9.17, 15) is 0 Å². The van der Waals surface area contributed by atoms with Crippen molar-refractivity contribution in [2.24, 2.45) is 0 Å². The lowest BCUT2D eigenvalue weighted by Gasteiger charge is -2.01. The van der Waals surface area contributed by atoms with Gasteiger partial charge >= 0.3 is 0 Å². The molecule has 0 saturated heterocycles. The molecule has 0 aliphatic carbocycles. The molecule has 0 spiro atoms. The summed E-state index contributed by atoms with van der Waals surface area (Å²) in [6.07, 6.45) is 0. The summed E-state index contributed by atoms with van der Waals surface area (Å²) >= 11 is 10.0. The quantitative estimate of drug-likeness (QED) is 0.317. The average Bonchev–Trinajstić information content (AvgIpc) is 3.16. The Morgan fingerprint density at radius 3 is 2.43 bits per heavy atom. The van der Waals surface area contributed by atoms with E-state index in [4.69, 9.17) is 16.6 Å². The molecule has 0 atom stereocenters. The van der Waals surface area contributed by atoms with Gasteiger partial charge in [0, 0.05) is 30.8 Å². The molecule has 0 saturated carbocycles. The minimum absolute atomic E-state index is 0.808. The van der Waals surface area contributed by atoms with Gasteiger partial charge in [-0.3, -0.25) is 0 Å². The standard InChI is InChI=1S/C19H10ClNS2/c20-13-10-9-12(19-21-14-6-2-4-8-16(14)23-19)18-17(13)11-5-1-3-7-15(11)22-18/h1-10H. The van der Waals surface area contributed by atoms with E-state index in [1.807, 2.05) is 12.1 Å². The fraction of sp³-hybridized carbons (Fsp3) is 0. The van der Waals surface area contributed by atoms with Gasteiger partial charge in [0.05, 0.1) is 10.2 Å². The molecule has 0 amide bonds. The number of hydrogen-bond acceptors (Lipinski definition) is 3. The van der Waals surface area contributed by atoms with Gasteiger partial charge in [-0.25, -0.2) is 4.98 Å². The van der Waals surface area contributed by atoms with Gasteiger partial charge in [0.2, 0.25) is 0 Å². The van der Waals surface area contributed by atoms with Crippen LogP contribution in [-0.2, 0) is 0 Å². The number of nitrogens with zero attached hydrogens (tertiary/aromatic N) is 1. The van der Waals surface area contributed by atoms with Gasteiger partial charge in [-0.15, -0.1) is 22.7 Å². The number of rotatable bonds is 1. The van der Waals surface area contributed by atoms with Crippen molar-refractivity contribution in [2.45, 2.75) is 0 Å². The van der Waals surface area contributed by atoms with Crippen molar-refractivity contribution in [1.29, 1.82) is 0 Å². The number of halogens is 1. The SMILES string of the molecule is Clc1ccc(-c2nc3ccccc3s2)c2sc3ccccc3c12. The zero-order valence-corrected chi connectivity index (χ0v) is 14.3. The van der Waals surface area contributed by atoms with E-state index in [2.05, 4.69) is 48.5 Å². The van der Waals surface area contributed by atoms with Crippen molar-refractivity contribution in [3.05, 3.63) is 65.7 Å². The highest BCUT2D eigenvalue weighted by Gasteiger charge is 2.15. The zero-order chi connectivity index (χ0) is 15.4. The van der Waals surface area contributed by atoms with E-state index in [-0.39, 0.29) is 0 Å². The maximum atomic E-state index is 6.51. The molecular weight excluding hydrogens is 342 g/mol. The fourth-order valence-corrected chi connectivity index (χ4v) is 5.56. The molecule has 3 aromatic carbocycles. The number of hydrogen-bond donors (Lipinski definition) is 0. The second kappa shape index (κ2) is 5.03. The molecule has 23 heavy (non-hydrogen) atoms. The lowest BCUT2D eigenvalue weighted by Crippen LogP contribution is -1.77. The first-order chi connectivity index (χ1) is 11.3. The van der Waals surface area contributed by atoms with Crippen LogP contribution < -0.4 is 0 Å². The molecule has 0 fully saturated rings. The molecule has 5 rings (SSSR count). The predicted octanol–water partition coefficient (Wildman–Crippen LogP) is 6.98. The molecule has 5 aromatic rings. The number of benzene rings is 3. The molecule has 110 valence electrons. The zero-order valence-electron chi connectivity index (χ0n) is 11.9. The smallest absolute Gasteiger partial charge is 0.126 e. The molecule has 0 unspecified atom stereocenters. The van der Waals surface area contributed by atoms with Crippen LogP contribution in [-0.4, -0.2) is 4.98 Å². The molecule has 0 N–H and O–H groups in total. The van der Waals surface area contributed by atoms with E-state index >= 15 is 0 Å². The second-order valence-corrected chi connectivity index (χ2v) is 7.87. The maximum absolute atomic E-state index is 6.51. The summed E-state index contributed by atoms with van der Waals surface area (Å²) in [7, 11) is 0. The lowest BCUT2D eigenvalue weighted by molar-refractivity contribution is 1.49. The van der Waals surface area contributed by atoms with Crippen molar-refractivity contribution < 1.29 is 0 Å². The van der Waals surface area contributed by atoms with Crippen LogP contribution in [0.2, 0.25) is 5.02 Å². The molecule has 0 radical (unpaired) electrons. The highest BCUT2D eigenvalue weighted by atomic mass is 35.5. The van der Waals surface area contributed by atoms with Crippen LogP contribution in [0, 0.1) is 0 Å². The van der Waals surface area contributed by atoms with E-state index in [0.717, 1.165) is 20.9 Å². The van der Waals surface area contributed by atoms with Gasteiger partial charge in [-0.1, -0.05) is 41.9 Å². The summed E-state index contributed by atoms with van der Waals surface area (Å²) in [5, 5.41) is 4.23. The van der Waals surface area contributed by atoms with Gasteiger partial charge in [0.15, 0.2) is 0 Å². The van der Waals surface area contributed by atoms with Crippen LogP contribution in [0.4, 0.5) is 0 Å². The first-order valence-electron chi connectivity index (χ1n) is 7.27. The predicted molar refractivity (Wildman–Crippen MR) is 103 cm³/mol. The largest absolute Gasteiger partial charge is 0.236 e. The van der Waals surface area contributed by atoms with Crippen LogP contribution in [0.15, 0.2) is 60.7 Å². The average molecular weight is 352 g/mol. The van der Waals surface area contributed by atoms with E-state index in [1.54, 1.807) is 22.7 Å². The lowest BCUT2D eigenvalue weighted by atomic mass is 10.1.